The van der Waals surface area contributed by atoms with Crippen LogP contribution >= 0.6 is 0 Å². The summed E-state index contributed by atoms with van der Waals surface area (Å²) in [5, 5.41) is 2.68. The summed E-state index contributed by atoms with van der Waals surface area (Å²) in [5.41, 5.74) is 0.710. The summed E-state index contributed by atoms with van der Waals surface area (Å²) in [5.74, 6) is -1.38. The molecule has 3 rings (SSSR count). The van der Waals surface area contributed by atoms with Crippen LogP contribution in [0.15, 0.2) is 36.4 Å². The highest BCUT2D eigenvalue weighted by Crippen LogP contribution is 2.38. The van der Waals surface area contributed by atoms with Crippen LogP contribution in [0.3, 0.4) is 0 Å². The molecule has 1 heterocycles. The monoisotopic (exact) mass is 503 g/mol. The summed E-state index contributed by atoms with van der Waals surface area (Å²) < 4.78 is 35.6. The van der Waals surface area contributed by atoms with Crippen LogP contribution in [0.2, 0.25) is 0 Å². The molecule has 3 amide bonds. The summed E-state index contributed by atoms with van der Waals surface area (Å²) in [6, 6.07) is 8.22. The SMILES string of the molecule is CCOc1cc(C(CS(C)(=O)=O)N2C(=O)c3cccc(NC(=O)CN(C)C)c3C2=O)ccc1OC. The molecule has 0 radical (unpaired) electrons. The number of nitrogens with one attached hydrogen (secondary N) is 1. The molecule has 2 aromatic carbocycles. The Hall–Kier alpha value is -3.44. The van der Waals surface area contributed by atoms with Crippen molar-refractivity contribution in [1.82, 2.24) is 9.80 Å². The van der Waals surface area contributed by atoms with E-state index in [-0.39, 0.29) is 29.3 Å². The first-order chi connectivity index (χ1) is 16.5. The molecule has 10 nitrogen and oxygen atoms in total. The van der Waals surface area contributed by atoms with Crippen LogP contribution < -0.4 is 14.8 Å². The fourth-order valence-electron chi connectivity index (χ4n) is 3.94. The molecule has 0 bridgehead atoms. The molecular weight excluding hydrogens is 474 g/mol. The summed E-state index contributed by atoms with van der Waals surface area (Å²) in [7, 11) is 1.31. The number of rotatable bonds is 10. The van der Waals surface area contributed by atoms with E-state index in [0.717, 1.165) is 11.2 Å². The van der Waals surface area contributed by atoms with Gasteiger partial charge < -0.3 is 19.7 Å². The minimum Gasteiger partial charge on any atom is -0.493 e. The number of imide groups is 1. The van der Waals surface area contributed by atoms with Crippen molar-refractivity contribution in [2.45, 2.75) is 13.0 Å². The summed E-state index contributed by atoms with van der Waals surface area (Å²) >= 11 is 0. The fourth-order valence-corrected chi connectivity index (χ4v) is 4.86. The number of carbonyl (C=O) groups is 3. The average molecular weight is 504 g/mol. The average Bonchev–Trinajstić information content (AvgIpc) is 3.02. The van der Waals surface area contributed by atoms with Gasteiger partial charge in [-0.25, -0.2) is 8.42 Å². The molecule has 0 aliphatic carbocycles. The van der Waals surface area contributed by atoms with Crippen LogP contribution in [-0.4, -0.2) is 82.3 Å². The van der Waals surface area contributed by atoms with Crippen LogP contribution in [0.4, 0.5) is 5.69 Å². The Morgan fingerprint density at radius 1 is 1.11 bits per heavy atom. The molecular formula is C24H29N3O7S. The van der Waals surface area contributed by atoms with E-state index in [1.54, 1.807) is 50.2 Å². The molecule has 35 heavy (non-hydrogen) atoms. The number of fused-ring (bicyclic) bond motifs is 1. The standard InChI is InChI=1S/C24H29N3O7S/c1-6-34-20-12-15(10-11-19(20)33-4)18(14-35(5,31)32)27-23(29)16-8-7-9-17(22(16)24(27)30)25-21(28)13-26(2)3/h7-12,18H,6,13-14H2,1-5H3,(H,25,28). The van der Waals surface area contributed by atoms with Crippen molar-refractivity contribution >= 4 is 33.2 Å². The number of benzene rings is 2. The maximum atomic E-state index is 13.6. The van der Waals surface area contributed by atoms with Crippen LogP contribution in [0.1, 0.15) is 39.2 Å². The van der Waals surface area contributed by atoms with E-state index in [4.69, 9.17) is 9.47 Å². The normalized spacial score (nSPS) is 14.2. The van der Waals surface area contributed by atoms with Crippen molar-refractivity contribution in [2.75, 3.05) is 51.7 Å². The third-order valence-electron chi connectivity index (χ3n) is 5.32. The highest BCUT2D eigenvalue weighted by molar-refractivity contribution is 7.90. The van der Waals surface area contributed by atoms with E-state index in [0.29, 0.717) is 23.7 Å². The summed E-state index contributed by atoms with van der Waals surface area (Å²) in [6.07, 6.45) is 1.04. The van der Waals surface area contributed by atoms with Gasteiger partial charge in [0.25, 0.3) is 11.8 Å². The number of ether oxygens (including phenoxy) is 2. The number of hydrogen-bond donors (Lipinski definition) is 1. The molecule has 188 valence electrons. The first-order valence-electron chi connectivity index (χ1n) is 10.9. The van der Waals surface area contributed by atoms with Crippen LogP contribution in [0.5, 0.6) is 11.5 Å². The van der Waals surface area contributed by atoms with Crippen molar-refractivity contribution in [2.24, 2.45) is 0 Å². The van der Waals surface area contributed by atoms with Gasteiger partial charge in [-0.1, -0.05) is 12.1 Å². The number of hydrogen-bond acceptors (Lipinski definition) is 8. The first-order valence-corrected chi connectivity index (χ1v) is 13.0. The zero-order valence-electron chi connectivity index (χ0n) is 20.3. The molecule has 1 atom stereocenters. The van der Waals surface area contributed by atoms with E-state index >= 15 is 0 Å². The lowest BCUT2D eigenvalue weighted by Gasteiger charge is -2.27. The molecule has 2 aromatic rings. The smallest absolute Gasteiger partial charge is 0.264 e. The van der Waals surface area contributed by atoms with E-state index in [1.807, 2.05) is 0 Å². The zero-order chi connectivity index (χ0) is 25.9. The van der Waals surface area contributed by atoms with Crippen LogP contribution in [0, 0.1) is 0 Å². The van der Waals surface area contributed by atoms with E-state index in [9.17, 15) is 22.8 Å². The minimum absolute atomic E-state index is 0.0293. The van der Waals surface area contributed by atoms with Crippen molar-refractivity contribution in [3.8, 4) is 11.5 Å². The molecule has 0 saturated heterocycles. The van der Waals surface area contributed by atoms with Gasteiger partial charge in [-0.3, -0.25) is 19.3 Å². The highest BCUT2D eigenvalue weighted by Gasteiger charge is 2.43. The molecule has 0 spiro atoms. The molecule has 0 saturated carbocycles. The molecule has 0 aromatic heterocycles. The maximum Gasteiger partial charge on any atom is 0.264 e. The Bertz CT molecular complexity index is 1260. The van der Waals surface area contributed by atoms with Gasteiger partial charge in [-0.15, -0.1) is 0 Å². The quantitative estimate of drug-likeness (QED) is 0.489. The minimum atomic E-state index is -3.62. The third-order valence-corrected chi connectivity index (χ3v) is 6.25. The number of amides is 3. The van der Waals surface area contributed by atoms with Crippen molar-refractivity contribution in [3.63, 3.8) is 0 Å². The topological polar surface area (TPSA) is 122 Å². The van der Waals surface area contributed by atoms with Crippen LogP contribution in [-0.2, 0) is 14.6 Å². The van der Waals surface area contributed by atoms with Gasteiger partial charge in [-0.2, -0.15) is 0 Å². The first kappa shape index (κ1) is 26.2. The second-order valence-corrected chi connectivity index (χ2v) is 10.6. The second-order valence-electron chi connectivity index (χ2n) is 8.45. The number of nitrogens with zero attached hydrogens (tertiary/aromatic N) is 2. The molecule has 1 unspecified atom stereocenters. The zero-order valence-corrected chi connectivity index (χ0v) is 21.1. The predicted octanol–water partition coefficient (Wildman–Crippen LogP) is 1.98. The molecule has 1 aliphatic heterocycles. The molecule has 11 heteroatoms. The third kappa shape index (κ3) is 5.80. The Balaban J connectivity index is 2.07. The largest absolute Gasteiger partial charge is 0.493 e. The highest BCUT2D eigenvalue weighted by atomic mass is 32.2. The van der Waals surface area contributed by atoms with Gasteiger partial charge in [0.2, 0.25) is 5.91 Å². The number of sulfone groups is 1. The Kier molecular flexibility index (Phi) is 7.81. The van der Waals surface area contributed by atoms with Crippen LogP contribution in [0.25, 0.3) is 0 Å². The van der Waals surface area contributed by atoms with Gasteiger partial charge in [0.15, 0.2) is 11.5 Å². The lowest BCUT2D eigenvalue weighted by Crippen LogP contribution is -2.38. The Labute approximate surface area is 204 Å². The van der Waals surface area contributed by atoms with E-state index in [2.05, 4.69) is 5.32 Å². The molecule has 0 fully saturated rings. The molecule has 1 N–H and O–H groups in total. The van der Waals surface area contributed by atoms with Crippen molar-refractivity contribution < 1.29 is 32.3 Å². The predicted molar refractivity (Wildman–Crippen MR) is 131 cm³/mol. The number of methoxy groups -OCH3 is 1. The number of likely N-dealkylation sites (N-methyl/N-ethyl adjacent to an activating group) is 1. The second kappa shape index (κ2) is 10.4. The van der Waals surface area contributed by atoms with Crippen molar-refractivity contribution in [3.05, 3.63) is 53.1 Å². The van der Waals surface area contributed by atoms with E-state index in [1.165, 1.54) is 19.2 Å². The van der Waals surface area contributed by atoms with Gasteiger partial charge >= 0.3 is 0 Å². The summed E-state index contributed by atoms with van der Waals surface area (Å²) in [4.78, 5) is 41.9. The number of carbonyl (C=O) groups excluding carboxylic acids is 3. The Morgan fingerprint density at radius 2 is 1.83 bits per heavy atom. The fraction of sp³-hybridized carbons (Fsp3) is 0.375. The van der Waals surface area contributed by atoms with Crippen molar-refractivity contribution in [1.29, 1.82) is 0 Å². The van der Waals surface area contributed by atoms with Gasteiger partial charge in [0.1, 0.15) is 9.84 Å². The Morgan fingerprint density at radius 3 is 2.43 bits per heavy atom. The van der Waals surface area contributed by atoms with Gasteiger partial charge in [0, 0.05) is 6.26 Å². The lowest BCUT2D eigenvalue weighted by atomic mass is 10.1. The van der Waals surface area contributed by atoms with E-state index < -0.39 is 33.4 Å². The maximum absolute atomic E-state index is 13.6. The van der Waals surface area contributed by atoms with Gasteiger partial charge in [-0.05, 0) is 50.8 Å². The number of anilines is 1. The summed E-state index contributed by atoms with van der Waals surface area (Å²) in [6.45, 7) is 2.20. The van der Waals surface area contributed by atoms with Gasteiger partial charge in [0.05, 0.1) is 48.9 Å². The lowest BCUT2D eigenvalue weighted by molar-refractivity contribution is -0.116. The molecule has 1 aliphatic rings.